The van der Waals surface area contributed by atoms with E-state index >= 15 is 0 Å². The van der Waals surface area contributed by atoms with Crippen molar-refractivity contribution in [3.05, 3.63) is 23.7 Å². The first-order valence-electron chi connectivity index (χ1n) is 5.55. The number of aryl methyl sites for hydroxylation is 1. The summed E-state index contributed by atoms with van der Waals surface area (Å²) in [6.07, 6.45) is 0.448. The van der Waals surface area contributed by atoms with Crippen LogP contribution < -0.4 is 0 Å². The Kier molecular flexibility index (Phi) is 3.57. The highest BCUT2D eigenvalue weighted by Crippen LogP contribution is 2.25. The van der Waals surface area contributed by atoms with Crippen LogP contribution in [0.4, 0.5) is 0 Å². The van der Waals surface area contributed by atoms with Crippen LogP contribution in [0.25, 0.3) is 0 Å². The van der Waals surface area contributed by atoms with Gasteiger partial charge in [0.05, 0.1) is 6.54 Å². The second-order valence-corrected chi connectivity index (χ2v) is 5.70. The van der Waals surface area contributed by atoms with Crippen LogP contribution in [0.2, 0.25) is 0 Å². The van der Waals surface area contributed by atoms with Gasteiger partial charge in [-0.1, -0.05) is 11.8 Å². The van der Waals surface area contributed by atoms with Gasteiger partial charge in [0.25, 0.3) is 0 Å². The van der Waals surface area contributed by atoms with Crippen LogP contribution in [-0.2, 0) is 16.1 Å². The average molecular weight is 253 g/mol. The maximum Gasteiger partial charge on any atom is 0.224 e. The van der Waals surface area contributed by atoms with Gasteiger partial charge in [0.1, 0.15) is 11.5 Å². The maximum absolute atomic E-state index is 11.7. The van der Waals surface area contributed by atoms with Gasteiger partial charge in [0.15, 0.2) is 5.12 Å². The number of rotatable bonds is 3. The Morgan fingerprint density at radius 2 is 2.35 bits per heavy atom. The lowest BCUT2D eigenvalue weighted by Gasteiger charge is -2.14. The smallest absolute Gasteiger partial charge is 0.224 e. The molecule has 0 spiro atoms. The van der Waals surface area contributed by atoms with Crippen LogP contribution in [0.15, 0.2) is 16.5 Å². The van der Waals surface area contributed by atoms with Crippen molar-refractivity contribution in [2.75, 3.05) is 6.54 Å². The number of carbonyl (C=O) groups is 2. The van der Waals surface area contributed by atoms with Crippen molar-refractivity contribution >= 4 is 22.8 Å². The molecule has 0 aromatic carbocycles. The standard InChI is InChI=1S/C12H15NO3S/c1-8-3-4-10(16-8)6-13-7-11(5-12(13)15)17-9(2)14/h3-4,11H,5-7H2,1-2H3. The van der Waals surface area contributed by atoms with Crippen molar-refractivity contribution in [2.45, 2.75) is 32.1 Å². The molecule has 1 fully saturated rings. The van der Waals surface area contributed by atoms with Gasteiger partial charge in [-0.2, -0.15) is 0 Å². The molecule has 5 heteroatoms. The number of amides is 1. The largest absolute Gasteiger partial charge is 0.464 e. The van der Waals surface area contributed by atoms with E-state index in [9.17, 15) is 9.59 Å². The van der Waals surface area contributed by atoms with Crippen molar-refractivity contribution in [1.29, 1.82) is 0 Å². The Morgan fingerprint density at radius 3 is 2.94 bits per heavy atom. The van der Waals surface area contributed by atoms with E-state index in [0.717, 1.165) is 11.5 Å². The summed E-state index contributed by atoms with van der Waals surface area (Å²) in [6, 6.07) is 3.77. The third-order valence-corrected chi connectivity index (χ3v) is 3.64. The molecule has 0 radical (unpaired) electrons. The zero-order valence-electron chi connectivity index (χ0n) is 9.93. The summed E-state index contributed by atoms with van der Waals surface area (Å²) in [6.45, 7) is 4.54. The van der Waals surface area contributed by atoms with Crippen molar-refractivity contribution in [3.8, 4) is 0 Å². The monoisotopic (exact) mass is 253 g/mol. The Labute approximate surface area is 104 Å². The van der Waals surface area contributed by atoms with Gasteiger partial charge in [0, 0.05) is 25.1 Å². The van der Waals surface area contributed by atoms with Gasteiger partial charge in [-0.3, -0.25) is 9.59 Å². The first-order chi connectivity index (χ1) is 8.04. The number of hydrogen-bond acceptors (Lipinski definition) is 4. The van der Waals surface area contributed by atoms with Gasteiger partial charge in [-0.25, -0.2) is 0 Å². The van der Waals surface area contributed by atoms with E-state index in [0.29, 0.717) is 19.5 Å². The normalized spacial score (nSPS) is 20.0. The van der Waals surface area contributed by atoms with Crippen molar-refractivity contribution in [2.24, 2.45) is 0 Å². The maximum atomic E-state index is 11.7. The molecule has 1 aliphatic rings. The molecular weight excluding hydrogens is 238 g/mol. The minimum absolute atomic E-state index is 0.0680. The average Bonchev–Trinajstić information content (AvgIpc) is 2.74. The molecule has 0 aliphatic carbocycles. The fraction of sp³-hybridized carbons (Fsp3) is 0.500. The van der Waals surface area contributed by atoms with Crippen molar-refractivity contribution in [1.82, 2.24) is 4.90 Å². The fourth-order valence-corrected chi connectivity index (χ4v) is 2.91. The van der Waals surface area contributed by atoms with Crippen molar-refractivity contribution < 1.29 is 14.0 Å². The molecule has 1 saturated heterocycles. The number of furan rings is 1. The molecule has 1 aromatic heterocycles. The zero-order valence-corrected chi connectivity index (χ0v) is 10.8. The van der Waals surface area contributed by atoms with Crippen LogP contribution in [0.3, 0.4) is 0 Å². The van der Waals surface area contributed by atoms with E-state index in [1.807, 2.05) is 19.1 Å². The first kappa shape index (κ1) is 12.2. The number of nitrogens with zero attached hydrogens (tertiary/aromatic N) is 1. The molecule has 1 unspecified atom stereocenters. The molecular formula is C12H15NO3S. The van der Waals surface area contributed by atoms with Gasteiger partial charge < -0.3 is 9.32 Å². The highest BCUT2D eigenvalue weighted by Gasteiger charge is 2.31. The van der Waals surface area contributed by atoms with E-state index in [4.69, 9.17) is 4.42 Å². The predicted molar refractivity (Wildman–Crippen MR) is 65.5 cm³/mol. The molecule has 92 valence electrons. The molecule has 1 aliphatic heterocycles. The van der Waals surface area contributed by atoms with E-state index in [2.05, 4.69) is 0 Å². The highest BCUT2D eigenvalue weighted by atomic mass is 32.2. The second-order valence-electron chi connectivity index (χ2n) is 4.22. The lowest BCUT2D eigenvalue weighted by molar-refractivity contribution is -0.128. The third-order valence-electron chi connectivity index (χ3n) is 2.65. The lowest BCUT2D eigenvalue weighted by atomic mass is 10.4. The number of carbonyl (C=O) groups excluding carboxylic acids is 2. The summed E-state index contributed by atoms with van der Waals surface area (Å²) in [5.74, 6) is 1.74. The molecule has 0 bridgehead atoms. The minimum Gasteiger partial charge on any atom is -0.464 e. The van der Waals surface area contributed by atoms with E-state index in [1.54, 1.807) is 4.90 Å². The summed E-state index contributed by atoms with van der Waals surface area (Å²) in [4.78, 5) is 24.5. The SMILES string of the molecule is CC(=O)SC1CC(=O)N(Cc2ccc(C)o2)C1. The molecule has 4 nitrogen and oxygen atoms in total. The molecule has 0 saturated carbocycles. The van der Waals surface area contributed by atoms with Crippen LogP contribution >= 0.6 is 11.8 Å². The van der Waals surface area contributed by atoms with Crippen LogP contribution in [0.1, 0.15) is 24.9 Å². The highest BCUT2D eigenvalue weighted by molar-refractivity contribution is 8.14. The Balaban J connectivity index is 1.94. The first-order valence-corrected chi connectivity index (χ1v) is 6.43. The van der Waals surface area contributed by atoms with E-state index in [-0.39, 0.29) is 16.3 Å². The molecule has 1 aromatic rings. The molecule has 1 amide bonds. The third kappa shape index (κ3) is 3.12. The Morgan fingerprint density at radius 1 is 1.59 bits per heavy atom. The summed E-state index contributed by atoms with van der Waals surface area (Å²) < 4.78 is 5.44. The molecule has 1 atom stereocenters. The van der Waals surface area contributed by atoms with E-state index in [1.165, 1.54) is 18.7 Å². The molecule has 0 N–H and O–H groups in total. The van der Waals surface area contributed by atoms with Crippen molar-refractivity contribution in [3.63, 3.8) is 0 Å². The number of thioether (sulfide) groups is 1. The van der Waals surface area contributed by atoms with Crippen LogP contribution in [0, 0.1) is 6.92 Å². The summed E-state index contributed by atoms with van der Waals surface area (Å²) in [7, 11) is 0. The predicted octanol–water partition coefficient (Wildman–Crippen LogP) is 1.97. The summed E-state index contributed by atoms with van der Waals surface area (Å²) in [5.41, 5.74) is 0. The number of hydrogen-bond donors (Lipinski definition) is 0. The van der Waals surface area contributed by atoms with Crippen LogP contribution in [-0.4, -0.2) is 27.7 Å². The molecule has 2 heterocycles. The topological polar surface area (TPSA) is 50.5 Å². The summed E-state index contributed by atoms with van der Waals surface area (Å²) in [5, 5.41) is 0.162. The summed E-state index contributed by atoms with van der Waals surface area (Å²) >= 11 is 1.25. The second kappa shape index (κ2) is 4.96. The zero-order chi connectivity index (χ0) is 12.4. The minimum atomic E-state index is 0.0680. The quantitative estimate of drug-likeness (QED) is 0.826. The lowest BCUT2D eigenvalue weighted by Crippen LogP contribution is -2.24. The van der Waals surface area contributed by atoms with Gasteiger partial charge in [-0.05, 0) is 19.1 Å². The number of likely N-dealkylation sites (tertiary alicyclic amines) is 1. The Hall–Kier alpha value is -1.23. The Bertz CT molecular complexity index is 441. The van der Waals surface area contributed by atoms with Crippen LogP contribution in [0.5, 0.6) is 0 Å². The van der Waals surface area contributed by atoms with E-state index < -0.39 is 0 Å². The molecule has 2 rings (SSSR count). The van der Waals surface area contributed by atoms with Gasteiger partial charge in [0.2, 0.25) is 5.91 Å². The van der Waals surface area contributed by atoms with Gasteiger partial charge in [-0.15, -0.1) is 0 Å². The fourth-order valence-electron chi connectivity index (χ4n) is 1.96. The molecule has 17 heavy (non-hydrogen) atoms. The van der Waals surface area contributed by atoms with Gasteiger partial charge >= 0.3 is 0 Å².